The molecule has 0 spiro atoms. The van der Waals surface area contributed by atoms with Gasteiger partial charge in [-0.3, -0.25) is 14.5 Å². The number of ether oxygens (including phenoxy) is 2. The zero-order chi connectivity index (χ0) is 21.9. The molecule has 0 N–H and O–H groups in total. The largest absolute Gasteiger partial charge is 0.497 e. The minimum Gasteiger partial charge on any atom is -0.497 e. The number of rotatable bonds is 7. The molecule has 0 saturated carbocycles. The van der Waals surface area contributed by atoms with E-state index in [9.17, 15) is 14.4 Å². The molecule has 1 aromatic carbocycles. The fourth-order valence-electron chi connectivity index (χ4n) is 2.82. The van der Waals surface area contributed by atoms with Crippen molar-refractivity contribution < 1.29 is 23.9 Å². The molecule has 2 rings (SSSR count). The van der Waals surface area contributed by atoms with Crippen LogP contribution in [-0.2, 0) is 14.3 Å². The Morgan fingerprint density at radius 2 is 1.76 bits per heavy atom. The molecule has 1 aromatic rings. The van der Waals surface area contributed by atoms with Gasteiger partial charge in [-0.1, -0.05) is 34.8 Å². The second-order valence-corrected chi connectivity index (χ2v) is 9.67. The first kappa shape index (κ1) is 23.9. The van der Waals surface area contributed by atoms with E-state index in [0.717, 1.165) is 0 Å². The van der Waals surface area contributed by atoms with Gasteiger partial charge in [-0.2, -0.15) is 12.6 Å². The van der Waals surface area contributed by atoms with Crippen molar-refractivity contribution >= 4 is 65.1 Å². The lowest BCUT2D eigenvalue weighted by Gasteiger charge is -2.45. The molecule has 2 atom stereocenters. The van der Waals surface area contributed by atoms with E-state index in [-0.39, 0.29) is 17.9 Å². The van der Waals surface area contributed by atoms with Crippen LogP contribution in [0.1, 0.15) is 30.6 Å². The van der Waals surface area contributed by atoms with Gasteiger partial charge in [0.1, 0.15) is 18.1 Å². The first-order valence-electron chi connectivity index (χ1n) is 8.56. The molecule has 0 aromatic heterocycles. The van der Waals surface area contributed by atoms with Crippen LogP contribution in [0.5, 0.6) is 5.75 Å². The van der Waals surface area contributed by atoms with Crippen molar-refractivity contribution in [1.82, 2.24) is 4.90 Å². The van der Waals surface area contributed by atoms with E-state index in [4.69, 9.17) is 44.3 Å². The fourth-order valence-corrected chi connectivity index (χ4v) is 3.45. The maximum atomic E-state index is 12.7. The van der Waals surface area contributed by atoms with Crippen LogP contribution in [0.3, 0.4) is 0 Å². The van der Waals surface area contributed by atoms with Crippen LogP contribution in [0.15, 0.2) is 35.5 Å². The van der Waals surface area contributed by atoms with Crippen LogP contribution in [0.25, 0.3) is 0 Å². The maximum absolute atomic E-state index is 12.7. The van der Waals surface area contributed by atoms with Crippen molar-refractivity contribution in [2.45, 2.75) is 29.4 Å². The molecule has 1 saturated heterocycles. The smallest absolute Gasteiger partial charge is 0.355 e. The van der Waals surface area contributed by atoms with Crippen LogP contribution < -0.4 is 4.74 Å². The number of halogens is 3. The summed E-state index contributed by atoms with van der Waals surface area (Å²) in [5, 5.41) is -0.657. The number of ketones is 1. The summed E-state index contributed by atoms with van der Waals surface area (Å²) in [5.41, 5.74) is 1.02. The SMILES string of the molecule is COc1ccc(C(=O)C[C@@H]2C(=O)N(C(C(=O)OCC(Cl)(Cl)Cl)=C(C)C)[C@@H]2S)cc1. The lowest BCUT2D eigenvalue weighted by Crippen LogP contribution is -2.59. The Balaban J connectivity index is 2.08. The molecule has 6 nitrogen and oxygen atoms in total. The van der Waals surface area contributed by atoms with Crippen LogP contribution >= 0.6 is 47.4 Å². The first-order valence-corrected chi connectivity index (χ1v) is 10.2. The highest BCUT2D eigenvalue weighted by Gasteiger charge is 2.49. The molecule has 0 aliphatic carbocycles. The zero-order valence-electron chi connectivity index (χ0n) is 15.9. The number of thiol groups is 1. The van der Waals surface area contributed by atoms with E-state index in [1.54, 1.807) is 38.1 Å². The third-order valence-corrected chi connectivity index (χ3v) is 5.19. The van der Waals surface area contributed by atoms with E-state index >= 15 is 0 Å². The Morgan fingerprint density at radius 3 is 2.21 bits per heavy atom. The molecule has 0 radical (unpaired) electrons. The van der Waals surface area contributed by atoms with Crippen molar-refractivity contribution in [3.63, 3.8) is 0 Å². The van der Waals surface area contributed by atoms with Crippen LogP contribution in [-0.4, -0.2) is 45.4 Å². The summed E-state index contributed by atoms with van der Waals surface area (Å²) in [6.45, 7) is 2.83. The van der Waals surface area contributed by atoms with Gasteiger partial charge in [0.25, 0.3) is 0 Å². The van der Waals surface area contributed by atoms with E-state index < -0.39 is 33.6 Å². The van der Waals surface area contributed by atoms with Gasteiger partial charge in [0.15, 0.2) is 5.78 Å². The van der Waals surface area contributed by atoms with Gasteiger partial charge in [0.2, 0.25) is 9.70 Å². The van der Waals surface area contributed by atoms with Gasteiger partial charge in [-0.15, -0.1) is 0 Å². The number of methoxy groups -OCH3 is 1. The minimum absolute atomic E-state index is 0.0254. The molecule has 0 bridgehead atoms. The molecule has 0 unspecified atom stereocenters. The van der Waals surface area contributed by atoms with Crippen LogP contribution in [0.4, 0.5) is 0 Å². The third-order valence-electron chi connectivity index (χ3n) is 4.27. The van der Waals surface area contributed by atoms with Crippen molar-refractivity contribution in [1.29, 1.82) is 0 Å². The number of allylic oxidation sites excluding steroid dienone is 1. The van der Waals surface area contributed by atoms with E-state index in [1.807, 2.05) is 0 Å². The Morgan fingerprint density at radius 1 is 1.17 bits per heavy atom. The fraction of sp³-hybridized carbons (Fsp3) is 0.421. The lowest BCUT2D eigenvalue weighted by atomic mass is 9.89. The van der Waals surface area contributed by atoms with E-state index in [0.29, 0.717) is 16.9 Å². The van der Waals surface area contributed by atoms with Gasteiger partial charge in [0.05, 0.1) is 18.4 Å². The minimum atomic E-state index is -1.77. The second-order valence-electron chi connectivity index (χ2n) is 6.62. The highest BCUT2D eigenvalue weighted by molar-refractivity contribution is 7.81. The van der Waals surface area contributed by atoms with Crippen molar-refractivity contribution in [3.8, 4) is 5.75 Å². The average molecular weight is 481 g/mol. The summed E-state index contributed by atoms with van der Waals surface area (Å²) in [6, 6.07) is 6.60. The maximum Gasteiger partial charge on any atom is 0.355 e. The predicted molar refractivity (Wildman–Crippen MR) is 115 cm³/mol. The summed E-state index contributed by atoms with van der Waals surface area (Å²) in [5.74, 6) is -1.44. The standard InChI is InChI=1S/C19H20Cl3NO5S/c1-10(2)15(18(26)28-9-19(20,21)22)23-16(25)13(17(23)29)8-14(24)11-4-6-12(27-3)7-5-11/h4-7,13,17,29H,8-9H2,1-3H3/t13-,17-/m1/s1. The number of esters is 1. The van der Waals surface area contributed by atoms with Gasteiger partial charge in [0, 0.05) is 12.0 Å². The molecule has 158 valence electrons. The summed E-state index contributed by atoms with van der Waals surface area (Å²) in [6.07, 6.45) is -0.0327. The number of alkyl halides is 3. The molecule has 10 heteroatoms. The van der Waals surface area contributed by atoms with Gasteiger partial charge >= 0.3 is 5.97 Å². The lowest BCUT2D eigenvalue weighted by molar-refractivity contribution is -0.154. The number of hydrogen-bond donors (Lipinski definition) is 1. The number of amides is 1. The highest BCUT2D eigenvalue weighted by Crippen LogP contribution is 2.38. The Labute approximate surface area is 189 Å². The summed E-state index contributed by atoms with van der Waals surface area (Å²) in [4.78, 5) is 38.8. The number of hydrogen-bond acceptors (Lipinski definition) is 6. The molecular formula is C19H20Cl3NO5S. The Bertz CT molecular complexity index is 831. The summed E-state index contributed by atoms with van der Waals surface area (Å²) < 4.78 is 8.29. The molecule has 29 heavy (non-hydrogen) atoms. The topological polar surface area (TPSA) is 72.9 Å². The predicted octanol–water partition coefficient (Wildman–Crippen LogP) is 4.19. The van der Waals surface area contributed by atoms with Crippen molar-refractivity contribution in [3.05, 3.63) is 41.1 Å². The van der Waals surface area contributed by atoms with Gasteiger partial charge in [-0.05, 0) is 43.7 Å². The number of benzene rings is 1. The normalized spacial score (nSPS) is 18.7. The van der Waals surface area contributed by atoms with E-state index in [2.05, 4.69) is 12.6 Å². The van der Waals surface area contributed by atoms with Crippen LogP contribution in [0, 0.1) is 5.92 Å². The number of likely N-dealkylation sites (tertiary alicyclic amines) is 1. The second kappa shape index (κ2) is 9.60. The number of carbonyl (C=O) groups excluding carboxylic acids is 3. The van der Waals surface area contributed by atoms with Crippen molar-refractivity contribution in [2.24, 2.45) is 5.92 Å². The zero-order valence-corrected chi connectivity index (χ0v) is 19.1. The van der Waals surface area contributed by atoms with Gasteiger partial charge < -0.3 is 9.47 Å². The van der Waals surface area contributed by atoms with E-state index in [1.165, 1.54) is 12.0 Å². The molecule has 1 aliphatic rings. The Kier molecular flexibility index (Phi) is 7.90. The third kappa shape index (κ3) is 5.81. The number of nitrogens with zero attached hydrogens (tertiary/aromatic N) is 1. The molecular weight excluding hydrogens is 461 g/mol. The molecule has 1 heterocycles. The molecule has 1 fully saturated rings. The number of β-lactam (4-membered cyclic amide) rings is 1. The summed E-state index contributed by atoms with van der Waals surface area (Å²) in [7, 11) is 1.53. The highest BCUT2D eigenvalue weighted by atomic mass is 35.6. The monoisotopic (exact) mass is 479 g/mol. The summed E-state index contributed by atoms with van der Waals surface area (Å²) >= 11 is 21.2. The molecule has 1 aliphatic heterocycles. The van der Waals surface area contributed by atoms with Crippen LogP contribution in [0.2, 0.25) is 0 Å². The molecule has 1 amide bonds. The van der Waals surface area contributed by atoms with Gasteiger partial charge in [-0.25, -0.2) is 4.79 Å². The Hall–Kier alpha value is -1.41. The first-order chi connectivity index (χ1) is 13.5. The quantitative estimate of drug-likeness (QED) is 0.158. The average Bonchev–Trinajstić information content (AvgIpc) is 2.67. The number of Topliss-reactive ketones (excluding diaryl/α,β-unsaturated/α-hetero) is 1. The van der Waals surface area contributed by atoms with Crippen molar-refractivity contribution in [2.75, 3.05) is 13.7 Å². The number of carbonyl (C=O) groups is 3.